The summed E-state index contributed by atoms with van der Waals surface area (Å²) in [6, 6.07) is 19.9. The second-order valence-electron chi connectivity index (χ2n) is 4.10. The maximum absolute atomic E-state index is 4.46. The van der Waals surface area contributed by atoms with Crippen LogP contribution in [0, 0.1) is 0 Å². The summed E-state index contributed by atoms with van der Waals surface area (Å²) in [5, 5.41) is 3.24. The molecule has 2 aromatic rings. The molecule has 0 unspecified atom stereocenters. The number of hydrogen-bond donors (Lipinski definition) is 1. The van der Waals surface area contributed by atoms with Crippen molar-refractivity contribution in [3.05, 3.63) is 60.7 Å². The molecule has 96 valence electrons. The van der Waals surface area contributed by atoms with E-state index in [1.807, 2.05) is 67.6 Å². The first kappa shape index (κ1) is 15.5. The van der Waals surface area contributed by atoms with Crippen LogP contribution in [0.5, 0.6) is 0 Å². The minimum absolute atomic E-state index is 0.750. The van der Waals surface area contributed by atoms with Gasteiger partial charge in [-0.3, -0.25) is 0 Å². The van der Waals surface area contributed by atoms with Crippen molar-refractivity contribution in [2.45, 2.75) is 18.5 Å². The van der Waals surface area contributed by atoms with E-state index >= 15 is 0 Å². The first-order valence-electron chi connectivity index (χ1n) is 6.42. The third-order valence-electron chi connectivity index (χ3n) is 2.15. The average molecular weight is 267 g/mol. The van der Waals surface area contributed by atoms with Gasteiger partial charge in [0, 0.05) is 5.69 Å². The molecule has 0 saturated carbocycles. The van der Waals surface area contributed by atoms with E-state index in [1.165, 1.54) is 0 Å². The Morgan fingerprint density at radius 3 is 1.89 bits per heavy atom. The molecular weight excluding hydrogens is 247 g/mol. The van der Waals surface area contributed by atoms with Crippen LogP contribution >= 0.6 is 0 Å². The van der Waals surface area contributed by atoms with E-state index in [9.17, 15) is 0 Å². The molecule has 0 heterocycles. The number of para-hydroxylation sites is 2. The Kier molecular flexibility index (Phi) is 7.65. The molecule has 0 aliphatic rings. The summed E-state index contributed by atoms with van der Waals surface area (Å²) >= 11 is 0.750. The fourth-order valence-electron chi connectivity index (χ4n) is 1.45. The molecule has 0 fully saturated rings. The summed E-state index contributed by atoms with van der Waals surface area (Å²) < 4.78 is 0. The van der Waals surface area contributed by atoms with Crippen LogP contribution in [0.4, 0.5) is 11.4 Å². The molecule has 0 spiro atoms. The van der Waals surface area contributed by atoms with Gasteiger partial charge in [0.15, 0.2) is 0 Å². The Hall–Kier alpha value is -1.56. The molecule has 19 heavy (non-hydrogen) atoms. The van der Waals surface area contributed by atoms with Crippen molar-refractivity contribution in [3.63, 3.8) is 0 Å². The fourth-order valence-corrected chi connectivity index (χ4v) is 1.45. The Morgan fingerprint density at radius 1 is 0.895 bits per heavy atom. The molecule has 0 amide bonds. The van der Waals surface area contributed by atoms with Gasteiger partial charge >= 0.3 is 26.8 Å². The van der Waals surface area contributed by atoms with E-state index in [2.05, 4.69) is 21.9 Å². The number of amidine groups is 1. The van der Waals surface area contributed by atoms with Crippen LogP contribution in [0.2, 0.25) is 11.6 Å². The standard InChI is InChI=1S/C14H14N2.2CH3.Al/c1-12(15-13-8-4-2-5-9-13)16-14-10-6-3-7-11-14;;;/h2-11H,1H3,(H,15,16);2*1H3;/q;;;+1. The summed E-state index contributed by atoms with van der Waals surface area (Å²) in [7, 11) is 0. The zero-order chi connectivity index (χ0) is 13.9. The molecule has 2 aromatic carbocycles. The predicted octanol–water partition coefficient (Wildman–Crippen LogP) is 4.64. The molecule has 2 rings (SSSR count). The third kappa shape index (κ3) is 6.81. The Labute approximate surface area is 122 Å². The van der Waals surface area contributed by atoms with Gasteiger partial charge in [-0.25, -0.2) is 4.99 Å². The number of aliphatic imine (C=N–C) groups is 1. The second kappa shape index (κ2) is 9.38. The van der Waals surface area contributed by atoms with Crippen molar-refractivity contribution in [3.8, 4) is 0 Å². The molecule has 0 aliphatic heterocycles. The van der Waals surface area contributed by atoms with Gasteiger partial charge in [0.05, 0.1) is 5.69 Å². The number of anilines is 1. The van der Waals surface area contributed by atoms with E-state index < -0.39 is 0 Å². The predicted molar refractivity (Wildman–Crippen MR) is 86.8 cm³/mol. The number of rotatable bonds is 2. The van der Waals surface area contributed by atoms with E-state index in [-0.39, 0.29) is 0 Å². The van der Waals surface area contributed by atoms with Crippen LogP contribution in [0.15, 0.2) is 65.7 Å². The second-order valence-corrected chi connectivity index (χ2v) is 5.26. The number of hydrogen-bond acceptors (Lipinski definition) is 1. The zero-order valence-electron chi connectivity index (χ0n) is 11.8. The summed E-state index contributed by atoms with van der Waals surface area (Å²) in [6.45, 7) is 1.96. The van der Waals surface area contributed by atoms with Crippen molar-refractivity contribution < 1.29 is 0 Å². The molecule has 3 heteroatoms. The van der Waals surface area contributed by atoms with Gasteiger partial charge < -0.3 is 5.32 Å². The number of benzene rings is 2. The molecule has 0 saturated heterocycles. The van der Waals surface area contributed by atoms with Gasteiger partial charge in [0.25, 0.3) is 0 Å². The van der Waals surface area contributed by atoms with E-state index in [1.54, 1.807) is 0 Å². The minimum atomic E-state index is 0.750. The SMILES string of the molecule is CC(=Nc1ccccc1)Nc1ccccc1.[CH3][Al+][CH3]. The monoisotopic (exact) mass is 267 g/mol. The summed E-state index contributed by atoms with van der Waals surface area (Å²) in [5.41, 5.74) is 2.02. The molecule has 1 N–H and O–H groups in total. The molecule has 0 aromatic heterocycles. The van der Waals surface area contributed by atoms with Crippen molar-refractivity contribution >= 4 is 32.4 Å². The zero-order valence-corrected chi connectivity index (χ0v) is 13.0. The first-order valence-corrected chi connectivity index (χ1v) is 8.73. The van der Waals surface area contributed by atoms with E-state index in [0.717, 1.165) is 32.4 Å². The average Bonchev–Trinajstić information content (AvgIpc) is 2.41. The van der Waals surface area contributed by atoms with Crippen molar-refractivity contribution in [2.75, 3.05) is 5.32 Å². The molecule has 0 aliphatic carbocycles. The van der Waals surface area contributed by atoms with E-state index in [0.29, 0.717) is 0 Å². The van der Waals surface area contributed by atoms with E-state index in [4.69, 9.17) is 0 Å². The summed E-state index contributed by atoms with van der Waals surface area (Å²) in [6.07, 6.45) is 0. The van der Waals surface area contributed by atoms with Crippen LogP contribution < -0.4 is 5.32 Å². The van der Waals surface area contributed by atoms with Crippen molar-refractivity contribution in [2.24, 2.45) is 4.99 Å². The maximum atomic E-state index is 4.46. The van der Waals surface area contributed by atoms with Gasteiger partial charge in [0.2, 0.25) is 0 Å². The molecular formula is C16H20AlN2+. The van der Waals surface area contributed by atoms with Gasteiger partial charge in [-0.1, -0.05) is 36.4 Å². The summed E-state index contributed by atoms with van der Waals surface area (Å²) in [4.78, 5) is 4.46. The van der Waals surface area contributed by atoms with Crippen LogP contribution in [-0.4, -0.2) is 21.1 Å². The van der Waals surface area contributed by atoms with Gasteiger partial charge in [-0.15, -0.1) is 0 Å². The Balaban J connectivity index is 0.000000550. The van der Waals surface area contributed by atoms with Gasteiger partial charge in [0.1, 0.15) is 5.84 Å². The van der Waals surface area contributed by atoms with Gasteiger partial charge in [-0.2, -0.15) is 0 Å². The quantitative estimate of drug-likeness (QED) is 0.478. The van der Waals surface area contributed by atoms with Crippen LogP contribution in [0.3, 0.4) is 0 Å². The van der Waals surface area contributed by atoms with Crippen LogP contribution in [-0.2, 0) is 0 Å². The van der Waals surface area contributed by atoms with Crippen LogP contribution in [0.25, 0.3) is 0 Å². The van der Waals surface area contributed by atoms with Gasteiger partial charge in [-0.05, 0) is 31.2 Å². The normalized spacial score (nSPS) is 9.95. The fraction of sp³-hybridized carbons (Fsp3) is 0.188. The Morgan fingerprint density at radius 2 is 1.37 bits per heavy atom. The van der Waals surface area contributed by atoms with Crippen LogP contribution in [0.1, 0.15) is 6.92 Å². The van der Waals surface area contributed by atoms with Crippen molar-refractivity contribution in [1.82, 2.24) is 0 Å². The third-order valence-corrected chi connectivity index (χ3v) is 2.15. The molecule has 0 radical (unpaired) electrons. The first-order chi connectivity index (χ1) is 9.26. The Bertz CT molecular complexity index is 481. The number of nitrogens with one attached hydrogen (secondary N) is 1. The molecule has 2 nitrogen and oxygen atoms in total. The number of nitrogens with zero attached hydrogens (tertiary/aromatic N) is 1. The summed E-state index contributed by atoms with van der Waals surface area (Å²) in [5.74, 6) is 5.30. The molecule has 0 atom stereocenters. The topological polar surface area (TPSA) is 24.4 Å². The van der Waals surface area contributed by atoms with Crippen molar-refractivity contribution in [1.29, 1.82) is 0 Å². The molecule has 0 bridgehead atoms.